The van der Waals surface area contributed by atoms with Gasteiger partial charge in [0, 0.05) is 13.1 Å². The summed E-state index contributed by atoms with van der Waals surface area (Å²) in [6, 6.07) is 1.67. The molecule has 2 heterocycles. The third kappa shape index (κ3) is 3.14. The number of amides is 1. The molecule has 2 aromatic heterocycles. The second kappa shape index (κ2) is 5.43. The molecular formula is C11H15N5O2S. The van der Waals surface area contributed by atoms with Crippen LogP contribution in [0.3, 0.4) is 0 Å². The second-order valence-corrected chi connectivity index (χ2v) is 5.47. The Kier molecular flexibility index (Phi) is 3.89. The van der Waals surface area contributed by atoms with Gasteiger partial charge in [-0.15, -0.1) is 10.2 Å². The normalized spacial score (nSPS) is 12.4. The zero-order valence-electron chi connectivity index (χ0n) is 11.2. The summed E-state index contributed by atoms with van der Waals surface area (Å²) in [5.41, 5.74) is 0. The van der Waals surface area contributed by atoms with Crippen LogP contribution in [0, 0.1) is 13.8 Å². The molecule has 1 amide bonds. The fraction of sp³-hybridized carbons (Fsp3) is 0.455. The van der Waals surface area contributed by atoms with Crippen LogP contribution in [-0.2, 0) is 11.8 Å². The first-order valence-corrected chi connectivity index (χ1v) is 6.62. The monoisotopic (exact) mass is 281 g/mol. The van der Waals surface area contributed by atoms with Crippen molar-refractivity contribution in [2.75, 3.05) is 5.32 Å². The van der Waals surface area contributed by atoms with Crippen LogP contribution in [0.1, 0.15) is 18.5 Å². The molecule has 1 unspecified atom stereocenters. The average Bonchev–Trinajstić information content (AvgIpc) is 2.90. The standard InChI is InChI=1S/C11H15N5O2S/c1-6-5-9(15-18-6)12-10(17)7(2)19-11-14-13-8(3)16(11)4/h5,7H,1-4H3,(H,12,15,17). The Morgan fingerprint density at radius 3 is 2.74 bits per heavy atom. The maximum Gasteiger partial charge on any atom is 0.238 e. The largest absolute Gasteiger partial charge is 0.360 e. The van der Waals surface area contributed by atoms with E-state index in [0.29, 0.717) is 16.7 Å². The lowest BCUT2D eigenvalue weighted by molar-refractivity contribution is -0.115. The van der Waals surface area contributed by atoms with Gasteiger partial charge in [-0.25, -0.2) is 0 Å². The van der Waals surface area contributed by atoms with E-state index in [-0.39, 0.29) is 11.2 Å². The van der Waals surface area contributed by atoms with Crippen LogP contribution >= 0.6 is 11.8 Å². The Hall–Kier alpha value is -1.83. The smallest absolute Gasteiger partial charge is 0.238 e. The summed E-state index contributed by atoms with van der Waals surface area (Å²) < 4.78 is 6.73. The first kappa shape index (κ1) is 13.6. The molecular weight excluding hydrogens is 266 g/mol. The minimum Gasteiger partial charge on any atom is -0.360 e. The predicted molar refractivity (Wildman–Crippen MR) is 70.9 cm³/mol. The highest BCUT2D eigenvalue weighted by Crippen LogP contribution is 2.22. The molecule has 0 fully saturated rings. The minimum atomic E-state index is -0.306. The summed E-state index contributed by atoms with van der Waals surface area (Å²) in [7, 11) is 1.86. The van der Waals surface area contributed by atoms with Gasteiger partial charge in [0.25, 0.3) is 0 Å². The summed E-state index contributed by atoms with van der Waals surface area (Å²) in [4.78, 5) is 12.0. The van der Waals surface area contributed by atoms with Gasteiger partial charge in [0.2, 0.25) is 5.91 Å². The number of hydrogen-bond donors (Lipinski definition) is 1. The summed E-state index contributed by atoms with van der Waals surface area (Å²) in [5.74, 6) is 1.73. The first-order valence-electron chi connectivity index (χ1n) is 5.74. The molecule has 1 atom stereocenters. The van der Waals surface area contributed by atoms with Crippen molar-refractivity contribution in [3.8, 4) is 0 Å². The van der Waals surface area contributed by atoms with E-state index in [0.717, 1.165) is 5.82 Å². The fourth-order valence-corrected chi connectivity index (χ4v) is 2.22. The second-order valence-electron chi connectivity index (χ2n) is 4.16. The number of carbonyl (C=O) groups excluding carboxylic acids is 1. The topological polar surface area (TPSA) is 85.8 Å². The van der Waals surface area contributed by atoms with Crippen molar-refractivity contribution in [2.45, 2.75) is 31.2 Å². The Morgan fingerprint density at radius 1 is 1.47 bits per heavy atom. The van der Waals surface area contributed by atoms with Gasteiger partial charge in [-0.1, -0.05) is 16.9 Å². The molecule has 0 radical (unpaired) electrons. The lowest BCUT2D eigenvalue weighted by Gasteiger charge is -2.09. The maximum atomic E-state index is 12.0. The Labute approximate surface area is 114 Å². The summed E-state index contributed by atoms with van der Waals surface area (Å²) in [6.45, 7) is 5.43. The molecule has 102 valence electrons. The minimum absolute atomic E-state index is 0.154. The number of nitrogens with one attached hydrogen (secondary N) is 1. The van der Waals surface area contributed by atoms with E-state index in [9.17, 15) is 4.79 Å². The molecule has 0 aliphatic carbocycles. The summed E-state index contributed by atoms with van der Waals surface area (Å²) in [5, 5.41) is 14.8. The Balaban J connectivity index is 1.98. The van der Waals surface area contributed by atoms with Crippen LogP contribution in [0.25, 0.3) is 0 Å². The molecule has 0 aliphatic heterocycles. The molecule has 2 aromatic rings. The molecule has 1 N–H and O–H groups in total. The van der Waals surface area contributed by atoms with Crippen molar-refractivity contribution in [1.82, 2.24) is 19.9 Å². The van der Waals surface area contributed by atoms with Crippen LogP contribution < -0.4 is 5.32 Å². The van der Waals surface area contributed by atoms with Crippen molar-refractivity contribution < 1.29 is 9.32 Å². The van der Waals surface area contributed by atoms with E-state index in [4.69, 9.17) is 4.52 Å². The number of aromatic nitrogens is 4. The lowest BCUT2D eigenvalue weighted by Crippen LogP contribution is -2.23. The van der Waals surface area contributed by atoms with Gasteiger partial charge < -0.3 is 14.4 Å². The first-order chi connectivity index (χ1) is 8.97. The molecule has 2 rings (SSSR count). The van der Waals surface area contributed by atoms with Crippen molar-refractivity contribution in [3.63, 3.8) is 0 Å². The van der Waals surface area contributed by atoms with E-state index in [1.54, 1.807) is 19.9 Å². The molecule has 0 bridgehead atoms. The number of carbonyl (C=O) groups is 1. The van der Waals surface area contributed by atoms with Crippen LogP contribution in [0.5, 0.6) is 0 Å². The summed E-state index contributed by atoms with van der Waals surface area (Å²) >= 11 is 1.34. The van der Waals surface area contributed by atoms with Crippen molar-refractivity contribution in [1.29, 1.82) is 0 Å². The molecule has 0 spiro atoms. The zero-order chi connectivity index (χ0) is 14.0. The average molecular weight is 281 g/mol. The van der Waals surface area contributed by atoms with Crippen molar-refractivity contribution in [2.24, 2.45) is 7.05 Å². The fourth-order valence-electron chi connectivity index (χ4n) is 1.36. The van der Waals surface area contributed by atoms with E-state index in [2.05, 4.69) is 20.7 Å². The van der Waals surface area contributed by atoms with Crippen LogP contribution in [0.4, 0.5) is 5.82 Å². The van der Waals surface area contributed by atoms with Gasteiger partial charge in [-0.2, -0.15) is 0 Å². The van der Waals surface area contributed by atoms with E-state index in [1.807, 2.05) is 18.5 Å². The van der Waals surface area contributed by atoms with Crippen LogP contribution in [0.15, 0.2) is 15.7 Å². The zero-order valence-corrected chi connectivity index (χ0v) is 12.0. The molecule has 19 heavy (non-hydrogen) atoms. The molecule has 0 aromatic carbocycles. The van der Waals surface area contributed by atoms with Crippen molar-refractivity contribution >= 4 is 23.5 Å². The van der Waals surface area contributed by atoms with Gasteiger partial charge in [-0.05, 0) is 20.8 Å². The maximum absolute atomic E-state index is 12.0. The number of nitrogens with zero attached hydrogens (tertiary/aromatic N) is 4. The van der Waals surface area contributed by atoms with Gasteiger partial charge in [0.1, 0.15) is 11.6 Å². The number of rotatable bonds is 4. The van der Waals surface area contributed by atoms with E-state index >= 15 is 0 Å². The highest BCUT2D eigenvalue weighted by molar-refractivity contribution is 8.00. The van der Waals surface area contributed by atoms with Gasteiger partial charge in [-0.3, -0.25) is 4.79 Å². The molecule has 7 nitrogen and oxygen atoms in total. The third-order valence-corrected chi connectivity index (χ3v) is 3.72. The molecule has 0 saturated heterocycles. The number of hydrogen-bond acceptors (Lipinski definition) is 6. The number of anilines is 1. The van der Waals surface area contributed by atoms with E-state index in [1.165, 1.54) is 11.8 Å². The van der Waals surface area contributed by atoms with Gasteiger partial charge in [0.15, 0.2) is 11.0 Å². The Bertz CT molecular complexity index is 592. The van der Waals surface area contributed by atoms with Gasteiger partial charge in [0.05, 0.1) is 5.25 Å². The van der Waals surface area contributed by atoms with Gasteiger partial charge >= 0.3 is 0 Å². The predicted octanol–water partition coefficient (Wildman–Crippen LogP) is 1.54. The highest BCUT2D eigenvalue weighted by atomic mass is 32.2. The lowest BCUT2D eigenvalue weighted by atomic mass is 10.4. The van der Waals surface area contributed by atoms with Crippen LogP contribution in [0.2, 0.25) is 0 Å². The molecule has 0 aliphatic rings. The molecule has 8 heteroatoms. The third-order valence-electron chi connectivity index (χ3n) is 2.58. The quantitative estimate of drug-likeness (QED) is 0.855. The Morgan fingerprint density at radius 2 is 2.21 bits per heavy atom. The highest BCUT2D eigenvalue weighted by Gasteiger charge is 2.19. The molecule has 0 saturated carbocycles. The summed E-state index contributed by atoms with van der Waals surface area (Å²) in [6.07, 6.45) is 0. The number of thioether (sulfide) groups is 1. The van der Waals surface area contributed by atoms with E-state index < -0.39 is 0 Å². The van der Waals surface area contributed by atoms with Crippen molar-refractivity contribution in [3.05, 3.63) is 17.7 Å². The number of aryl methyl sites for hydroxylation is 2. The van der Waals surface area contributed by atoms with Crippen LogP contribution in [-0.4, -0.2) is 31.1 Å². The SMILES string of the molecule is Cc1cc(NC(=O)C(C)Sc2nnc(C)n2C)no1.